The standard InChI is InChI=1S/C13H26N2O2/c1-10-5-6-11(8-14-10)9-15-12(16)7-13(2,3)17-4/h10-11,14H,5-9H2,1-4H3,(H,15,16). The number of hydrogen-bond acceptors (Lipinski definition) is 3. The molecule has 1 aliphatic heterocycles. The lowest BCUT2D eigenvalue weighted by Gasteiger charge is -2.28. The van der Waals surface area contributed by atoms with Crippen molar-refractivity contribution in [2.45, 2.75) is 51.7 Å². The molecule has 1 aliphatic rings. The summed E-state index contributed by atoms with van der Waals surface area (Å²) in [4.78, 5) is 11.7. The minimum atomic E-state index is -0.372. The first kappa shape index (κ1) is 14.5. The molecule has 1 amide bonds. The van der Waals surface area contributed by atoms with Gasteiger partial charge in [-0.25, -0.2) is 0 Å². The number of carbonyl (C=O) groups excluding carboxylic acids is 1. The van der Waals surface area contributed by atoms with E-state index < -0.39 is 0 Å². The van der Waals surface area contributed by atoms with Crippen molar-refractivity contribution < 1.29 is 9.53 Å². The van der Waals surface area contributed by atoms with Gasteiger partial charge in [0.15, 0.2) is 0 Å². The number of piperidine rings is 1. The molecule has 0 aromatic carbocycles. The van der Waals surface area contributed by atoms with Crippen LogP contribution in [0.5, 0.6) is 0 Å². The molecular weight excluding hydrogens is 216 g/mol. The molecule has 0 spiro atoms. The van der Waals surface area contributed by atoms with Crippen molar-refractivity contribution in [3.05, 3.63) is 0 Å². The Morgan fingerprint density at radius 2 is 2.18 bits per heavy atom. The molecule has 2 N–H and O–H groups in total. The van der Waals surface area contributed by atoms with Gasteiger partial charge in [0.2, 0.25) is 5.91 Å². The second-order valence-corrected chi connectivity index (χ2v) is 5.70. The molecule has 1 rings (SSSR count). The van der Waals surface area contributed by atoms with E-state index in [0.717, 1.165) is 13.1 Å². The summed E-state index contributed by atoms with van der Waals surface area (Å²) in [5.41, 5.74) is -0.372. The van der Waals surface area contributed by atoms with Gasteiger partial charge < -0.3 is 15.4 Å². The van der Waals surface area contributed by atoms with Gasteiger partial charge in [-0.15, -0.1) is 0 Å². The van der Waals surface area contributed by atoms with E-state index >= 15 is 0 Å². The van der Waals surface area contributed by atoms with Gasteiger partial charge in [0.25, 0.3) is 0 Å². The molecule has 0 aromatic heterocycles. The highest BCUT2D eigenvalue weighted by Crippen LogP contribution is 2.14. The van der Waals surface area contributed by atoms with Crippen LogP contribution in [0.3, 0.4) is 0 Å². The number of methoxy groups -OCH3 is 1. The third-order valence-corrected chi connectivity index (χ3v) is 3.49. The predicted molar refractivity (Wildman–Crippen MR) is 68.9 cm³/mol. The summed E-state index contributed by atoms with van der Waals surface area (Å²) in [7, 11) is 1.64. The van der Waals surface area contributed by atoms with E-state index in [4.69, 9.17) is 4.74 Å². The summed E-state index contributed by atoms with van der Waals surface area (Å²) in [6.07, 6.45) is 2.81. The molecule has 2 atom stereocenters. The maximum atomic E-state index is 11.7. The largest absolute Gasteiger partial charge is 0.378 e. The molecule has 1 saturated heterocycles. The van der Waals surface area contributed by atoms with Crippen molar-refractivity contribution in [3.8, 4) is 0 Å². The maximum absolute atomic E-state index is 11.7. The lowest BCUT2D eigenvalue weighted by Crippen LogP contribution is -2.43. The Morgan fingerprint density at radius 3 is 2.71 bits per heavy atom. The zero-order valence-corrected chi connectivity index (χ0v) is 11.5. The Labute approximate surface area is 104 Å². The maximum Gasteiger partial charge on any atom is 0.222 e. The quantitative estimate of drug-likeness (QED) is 0.764. The van der Waals surface area contributed by atoms with Crippen molar-refractivity contribution in [1.29, 1.82) is 0 Å². The number of carbonyl (C=O) groups is 1. The van der Waals surface area contributed by atoms with Gasteiger partial charge in [-0.1, -0.05) is 0 Å². The topological polar surface area (TPSA) is 50.4 Å². The van der Waals surface area contributed by atoms with Crippen molar-refractivity contribution in [1.82, 2.24) is 10.6 Å². The molecule has 0 aliphatic carbocycles. The first-order valence-electron chi connectivity index (χ1n) is 6.48. The van der Waals surface area contributed by atoms with Gasteiger partial charge in [0.05, 0.1) is 12.0 Å². The number of hydrogen-bond donors (Lipinski definition) is 2. The highest BCUT2D eigenvalue weighted by atomic mass is 16.5. The fourth-order valence-corrected chi connectivity index (χ4v) is 2.01. The summed E-state index contributed by atoms with van der Waals surface area (Å²) in [5, 5.41) is 6.44. The molecule has 4 heteroatoms. The van der Waals surface area contributed by atoms with Crippen LogP contribution >= 0.6 is 0 Å². The van der Waals surface area contributed by atoms with Crippen molar-refractivity contribution >= 4 is 5.91 Å². The van der Waals surface area contributed by atoms with Crippen molar-refractivity contribution in [2.24, 2.45) is 5.92 Å². The smallest absolute Gasteiger partial charge is 0.222 e. The zero-order chi connectivity index (χ0) is 12.9. The van der Waals surface area contributed by atoms with Crippen LogP contribution in [0, 0.1) is 5.92 Å². The average molecular weight is 242 g/mol. The molecule has 1 fully saturated rings. The van der Waals surface area contributed by atoms with Crippen molar-refractivity contribution in [3.63, 3.8) is 0 Å². The van der Waals surface area contributed by atoms with E-state index in [1.807, 2.05) is 13.8 Å². The predicted octanol–water partition coefficient (Wildman–Crippen LogP) is 1.31. The van der Waals surface area contributed by atoms with Crippen LogP contribution in [-0.2, 0) is 9.53 Å². The Balaban J connectivity index is 2.20. The molecule has 0 saturated carbocycles. The molecule has 4 nitrogen and oxygen atoms in total. The van der Waals surface area contributed by atoms with Gasteiger partial charge in [-0.05, 0) is 46.1 Å². The lowest BCUT2D eigenvalue weighted by molar-refractivity contribution is -0.126. The molecule has 1 heterocycles. The number of nitrogens with one attached hydrogen (secondary N) is 2. The highest BCUT2D eigenvalue weighted by Gasteiger charge is 2.22. The first-order chi connectivity index (χ1) is 7.93. The Kier molecular flexibility index (Phi) is 5.40. The van der Waals surface area contributed by atoms with Crippen molar-refractivity contribution in [2.75, 3.05) is 20.2 Å². The van der Waals surface area contributed by atoms with Crippen LogP contribution < -0.4 is 10.6 Å². The summed E-state index contributed by atoms with van der Waals surface area (Å²) in [6, 6.07) is 0.620. The van der Waals surface area contributed by atoms with Crippen LogP contribution in [0.15, 0.2) is 0 Å². The van der Waals surface area contributed by atoms with E-state index in [-0.39, 0.29) is 11.5 Å². The van der Waals surface area contributed by atoms with E-state index in [2.05, 4.69) is 17.6 Å². The number of rotatable bonds is 5. The normalized spacial score (nSPS) is 25.6. The Bertz CT molecular complexity index is 246. The molecule has 100 valence electrons. The van der Waals surface area contributed by atoms with Crippen LogP contribution in [0.1, 0.15) is 40.0 Å². The Morgan fingerprint density at radius 1 is 1.47 bits per heavy atom. The van der Waals surface area contributed by atoms with Crippen LogP contribution in [-0.4, -0.2) is 37.7 Å². The Hall–Kier alpha value is -0.610. The summed E-state index contributed by atoms with van der Waals surface area (Å²) < 4.78 is 5.24. The minimum Gasteiger partial charge on any atom is -0.378 e. The number of ether oxygens (including phenoxy) is 1. The van der Waals surface area contributed by atoms with E-state index in [9.17, 15) is 4.79 Å². The number of amides is 1. The van der Waals surface area contributed by atoms with Gasteiger partial charge in [0, 0.05) is 19.7 Å². The second-order valence-electron chi connectivity index (χ2n) is 5.70. The van der Waals surface area contributed by atoms with Crippen LogP contribution in [0.2, 0.25) is 0 Å². The first-order valence-corrected chi connectivity index (χ1v) is 6.48. The summed E-state index contributed by atoms with van der Waals surface area (Å²) >= 11 is 0. The van der Waals surface area contributed by atoms with Gasteiger partial charge in [-0.2, -0.15) is 0 Å². The van der Waals surface area contributed by atoms with E-state index in [1.165, 1.54) is 12.8 Å². The average Bonchev–Trinajstić information content (AvgIpc) is 2.28. The summed E-state index contributed by atoms with van der Waals surface area (Å²) in [6.45, 7) is 7.84. The molecule has 0 bridgehead atoms. The fourth-order valence-electron chi connectivity index (χ4n) is 2.01. The monoisotopic (exact) mass is 242 g/mol. The highest BCUT2D eigenvalue weighted by molar-refractivity contribution is 5.76. The lowest BCUT2D eigenvalue weighted by atomic mass is 9.95. The third-order valence-electron chi connectivity index (χ3n) is 3.49. The van der Waals surface area contributed by atoms with Gasteiger partial charge in [0.1, 0.15) is 0 Å². The zero-order valence-electron chi connectivity index (χ0n) is 11.5. The molecule has 17 heavy (non-hydrogen) atoms. The fraction of sp³-hybridized carbons (Fsp3) is 0.923. The molecular formula is C13H26N2O2. The van der Waals surface area contributed by atoms with E-state index in [0.29, 0.717) is 18.4 Å². The molecule has 0 radical (unpaired) electrons. The minimum absolute atomic E-state index is 0.0791. The van der Waals surface area contributed by atoms with Crippen LogP contribution in [0.25, 0.3) is 0 Å². The van der Waals surface area contributed by atoms with Gasteiger partial charge >= 0.3 is 0 Å². The molecule has 2 unspecified atom stereocenters. The SMILES string of the molecule is COC(C)(C)CC(=O)NCC1CCC(C)NC1. The van der Waals surface area contributed by atoms with Gasteiger partial charge in [-0.3, -0.25) is 4.79 Å². The second kappa shape index (κ2) is 6.36. The summed E-state index contributed by atoms with van der Waals surface area (Å²) in [5.74, 6) is 0.649. The van der Waals surface area contributed by atoms with Crippen LogP contribution in [0.4, 0.5) is 0 Å². The molecule has 0 aromatic rings. The third kappa shape index (κ3) is 5.50. The van der Waals surface area contributed by atoms with E-state index in [1.54, 1.807) is 7.11 Å².